The van der Waals surface area contributed by atoms with Crippen LogP contribution in [0, 0.1) is 5.82 Å². The maximum atomic E-state index is 13.9. The number of likely N-dealkylation sites (N-methyl/N-ethyl adjacent to an activating group) is 1. The Balaban J connectivity index is 1.58. The van der Waals surface area contributed by atoms with Gasteiger partial charge >= 0.3 is 12.2 Å². The molecule has 1 N–H and O–H groups in total. The van der Waals surface area contributed by atoms with Crippen LogP contribution < -0.4 is 10.2 Å². The Morgan fingerprint density at radius 3 is 2.79 bits per heavy atom. The number of carbonyl (C=O) groups excluding carboxylic acids is 1. The Morgan fingerprint density at radius 1 is 1.34 bits per heavy atom. The monoisotopic (exact) mass is 411 g/mol. The average Bonchev–Trinajstić information content (AvgIpc) is 2.72. The summed E-state index contributed by atoms with van der Waals surface area (Å²) in [5.74, 6) is -0.271. The van der Waals surface area contributed by atoms with Crippen molar-refractivity contribution in [1.29, 1.82) is 0 Å². The molecule has 2 aromatic rings. The molecule has 1 aliphatic rings. The van der Waals surface area contributed by atoms with Gasteiger partial charge < -0.3 is 15.1 Å². The highest BCUT2D eigenvalue weighted by atomic mass is 19.4. The van der Waals surface area contributed by atoms with Crippen molar-refractivity contribution >= 4 is 11.8 Å². The van der Waals surface area contributed by atoms with Gasteiger partial charge in [-0.15, -0.1) is 5.10 Å². The second-order valence-electron chi connectivity index (χ2n) is 6.90. The van der Waals surface area contributed by atoms with Gasteiger partial charge in [0.05, 0.1) is 11.6 Å². The van der Waals surface area contributed by atoms with E-state index in [1.807, 2.05) is 11.0 Å². The lowest BCUT2D eigenvalue weighted by Crippen LogP contribution is -2.51. The third kappa shape index (κ3) is 5.12. The van der Waals surface area contributed by atoms with E-state index >= 15 is 0 Å². The molecule has 6 nitrogen and oxygen atoms in total. The van der Waals surface area contributed by atoms with Gasteiger partial charge in [-0.1, -0.05) is 6.07 Å². The number of halogens is 4. The van der Waals surface area contributed by atoms with Gasteiger partial charge in [0, 0.05) is 38.4 Å². The van der Waals surface area contributed by atoms with Crippen LogP contribution in [0.25, 0.3) is 0 Å². The van der Waals surface area contributed by atoms with Gasteiger partial charge in [0.25, 0.3) is 0 Å². The third-order valence-corrected chi connectivity index (χ3v) is 4.96. The van der Waals surface area contributed by atoms with Crippen molar-refractivity contribution in [2.75, 3.05) is 25.0 Å². The molecule has 29 heavy (non-hydrogen) atoms. The zero-order valence-electron chi connectivity index (χ0n) is 15.8. The fraction of sp³-hybridized carbons (Fsp3) is 0.421. The van der Waals surface area contributed by atoms with Crippen LogP contribution in [-0.4, -0.2) is 47.3 Å². The maximum Gasteiger partial charge on any atom is 0.416 e. The van der Waals surface area contributed by atoms with E-state index in [4.69, 9.17) is 0 Å². The van der Waals surface area contributed by atoms with E-state index in [1.165, 1.54) is 4.90 Å². The van der Waals surface area contributed by atoms with Crippen LogP contribution in [0.4, 0.5) is 28.2 Å². The van der Waals surface area contributed by atoms with Crippen LogP contribution in [-0.2, 0) is 12.7 Å². The van der Waals surface area contributed by atoms with Crippen LogP contribution in [0.3, 0.4) is 0 Å². The van der Waals surface area contributed by atoms with Gasteiger partial charge in [-0.2, -0.15) is 18.3 Å². The summed E-state index contributed by atoms with van der Waals surface area (Å²) < 4.78 is 51.8. The number of anilines is 1. The number of benzene rings is 1. The summed E-state index contributed by atoms with van der Waals surface area (Å²) >= 11 is 0. The molecule has 1 aromatic heterocycles. The number of hydrogen-bond acceptors (Lipinski definition) is 4. The van der Waals surface area contributed by atoms with E-state index in [-0.39, 0.29) is 18.2 Å². The molecule has 0 unspecified atom stereocenters. The van der Waals surface area contributed by atoms with Gasteiger partial charge in [0.2, 0.25) is 0 Å². The standard InChI is InChI=1S/C19H21F4N5O/c1-27(15-4-3-9-28(12-15)17-5-2-8-25-26-17)18(29)24-11-13-6-7-14(10-16(13)20)19(21,22)23/h2,5-8,10,15H,3-4,9,11-12H2,1H3,(H,24,29)/t15-/m1/s1. The summed E-state index contributed by atoms with van der Waals surface area (Å²) in [6.07, 6.45) is -1.36. The summed E-state index contributed by atoms with van der Waals surface area (Å²) in [5, 5.41) is 10.5. The van der Waals surface area contributed by atoms with Crippen molar-refractivity contribution < 1.29 is 22.4 Å². The first-order chi connectivity index (χ1) is 13.8. The number of nitrogens with zero attached hydrogens (tertiary/aromatic N) is 4. The molecule has 0 radical (unpaired) electrons. The van der Waals surface area contributed by atoms with Gasteiger partial charge in [0.15, 0.2) is 5.82 Å². The van der Waals surface area contributed by atoms with E-state index in [2.05, 4.69) is 15.5 Å². The number of rotatable bonds is 4. The first kappa shape index (κ1) is 20.8. The topological polar surface area (TPSA) is 61.4 Å². The number of hydrogen-bond donors (Lipinski definition) is 1. The Hall–Kier alpha value is -2.91. The van der Waals surface area contributed by atoms with E-state index in [9.17, 15) is 22.4 Å². The van der Waals surface area contributed by atoms with Crippen molar-refractivity contribution in [2.45, 2.75) is 31.6 Å². The number of carbonyl (C=O) groups is 1. The van der Waals surface area contributed by atoms with Crippen LogP contribution in [0.2, 0.25) is 0 Å². The number of alkyl halides is 3. The largest absolute Gasteiger partial charge is 0.416 e. The fourth-order valence-electron chi connectivity index (χ4n) is 3.27. The first-order valence-corrected chi connectivity index (χ1v) is 9.14. The lowest BCUT2D eigenvalue weighted by molar-refractivity contribution is -0.137. The number of urea groups is 1. The summed E-state index contributed by atoms with van der Waals surface area (Å²) in [5.41, 5.74) is -1.07. The zero-order valence-corrected chi connectivity index (χ0v) is 15.8. The molecule has 1 fully saturated rings. The van der Waals surface area contributed by atoms with E-state index < -0.39 is 23.6 Å². The molecule has 0 aliphatic carbocycles. The highest BCUT2D eigenvalue weighted by Gasteiger charge is 2.31. The molecule has 1 aliphatic heterocycles. The Bertz CT molecular complexity index is 846. The van der Waals surface area contributed by atoms with Crippen molar-refractivity contribution in [3.63, 3.8) is 0 Å². The van der Waals surface area contributed by atoms with Crippen LogP contribution in [0.5, 0.6) is 0 Å². The molecule has 3 rings (SSSR count). The lowest BCUT2D eigenvalue weighted by atomic mass is 10.0. The Labute approximate surface area is 165 Å². The number of amides is 2. The van der Waals surface area contributed by atoms with E-state index in [0.717, 1.165) is 37.3 Å². The van der Waals surface area contributed by atoms with Crippen LogP contribution in [0.15, 0.2) is 36.5 Å². The molecular weight excluding hydrogens is 390 g/mol. The number of aromatic nitrogens is 2. The maximum absolute atomic E-state index is 13.9. The lowest BCUT2D eigenvalue weighted by Gasteiger charge is -2.37. The molecule has 1 aromatic carbocycles. The fourth-order valence-corrected chi connectivity index (χ4v) is 3.27. The van der Waals surface area contributed by atoms with Crippen LogP contribution >= 0.6 is 0 Å². The molecule has 2 amide bonds. The normalized spacial score (nSPS) is 17.1. The predicted octanol–water partition coefficient (Wildman–Crippen LogP) is 3.44. The third-order valence-electron chi connectivity index (χ3n) is 4.96. The average molecular weight is 411 g/mol. The minimum Gasteiger partial charge on any atom is -0.353 e. The van der Waals surface area contributed by atoms with Crippen molar-refractivity contribution in [2.24, 2.45) is 0 Å². The highest BCUT2D eigenvalue weighted by molar-refractivity contribution is 5.74. The summed E-state index contributed by atoms with van der Waals surface area (Å²) in [6, 6.07) is 5.41. The molecular formula is C19H21F4N5O. The van der Waals surface area contributed by atoms with Crippen molar-refractivity contribution in [3.8, 4) is 0 Å². The number of piperidine rings is 1. The van der Waals surface area contributed by atoms with E-state index in [0.29, 0.717) is 12.6 Å². The Kier molecular flexibility index (Phi) is 6.19. The molecule has 2 heterocycles. The minimum atomic E-state index is -4.61. The predicted molar refractivity (Wildman–Crippen MR) is 98.7 cm³/mol. The second-order valence-corrected chi connectivity index (χ2v) is 6.90. The molecule has 1 atom stereocenters. The quantitative estimate of drug-likeness (QED) is 0.783. The SMILES string of the molecule is CN(C(=O)NCc1ccc(C(F)(F)F)cc1F)[C@@H]1CCCN(c2cccnn2)C1. The van der Waals surface area contributed by atoms with Crippen molar-refractivity contribution in [3.05, 3.63) is 53.5 Å². The molecule has 0 spiro atoms. The minimum absolute atomic E-state index is 0.00965. The smallest absolute Gasteiger partial charge is 0.353 e. The molecule has 0 bridgehead atoms. The van der Waals surface area contributed by atoms with E-state index in [1.54, 1.807) is 19.3 Å². The summed E-state index contributed by atoms with van der Waals surface area (Å²) in [6.45, 7) is 1.19. The zero-order chi connectivity index (χ0) is 21.0. The summed E-state index contributed by atoms with van der Waals surface area (Å²) in [4.78, 5) is 16.0. The van der Waals surface area contributed by atoms with Gasteiger partial charge in [-0.3, -0.25) is 0 Å². The molecule has 10 heteroatoms. The number of nitrogens with one attached hydrogen (secondary N) is 1. The Morgan fingerprint density at radius 2 is 2.14 bits per heavy atom. The van der Waals surface area contributed by atoms with Gasteiger partial charge in [0.1, 0.15) is 5.82 Å². The van der Waals surface area contributed by atoms with Crippen molar-refractivity contribution in [1.82, 2.24) is 20.4 Å². The summed E-state index contributed by atoms with van der Waals surface area (Å²) in [7, 11) is 1.64. The van der Waals surface area contributed by atoms with Gasteiger partial charge in [-0.05, 0) is 37.1 Å². The van der Waals surface area contributed by atoms with Gasteiger partial charge in [-0.25, -0.2) is 9.18 Å². The molecule has 1 saturated heterocycles. The highest BCUT2D eigenvalue weighted by Crippen LogP contribution is 2.30. The first-order valence-electron chi connectivity index (χ1n) is 9.14. The molecule has 156 valence electrons. The van der Waals surface area contributed by atoms with Crippen LogP contribution in [0.1, 0.15) is 24.0 Å². The molecule has 0 saturated carbocycles. The second kappa shape index (κ2) is 8.62.